The molecule has 2 atom stereocenters. The summed E-state index contributed by atoms with van der Waals surface area (Å²) in [6.07, 6.45) is 2.53. The highest BCUT2D eigenvalue weighted by Crippen LogP contribution is 2.50. The second kappa shape index (κ2) is 3.56. The van der Waals surface area contributed by atoms with Crippen LogP contribution in [-0.2, 0) is 3.07 Å². The predicted octanol–water partition coefficient (Wildman–Crippen LogP) is 3.94. The Morgan fingerprint density at radius 3 is 2.42 bits per heavy atom. The molecule has 70 valence electrons. The van der Waals surface area contributed by atoms with Crippen LogP contribution in [0.15, 0.2) is 12.3 Å². The van der Waals surface area contributed by atoms with Crippen LogP contribution in [0.5, 0.6) is 0 Å². The lowest BCUT2D eigenvalue weighted by molar-refractivity contribution is 0.197. The molecular formula is C10H17IO. The SMILES string of the molecule is C=C(OI)C1CCC(C)C1(C)C. The summed E-state index contributed by atoms with van der Waals surface area (Å²) in [6, 6.07) is 0. The lowest BCUT2D eigenvalue weighted by Gasteiger charge is -2.31. The number of hydrogen-bond donors (Lipinski definition) is 0. The van der Waals surface area contributed by atoms with Gasteiger partial charge in [-0.1, -0.05) is 27.4 Å². The van der Waals surface area contributed by atoms with E-state index in [4.69, 9.17) is 3.07 Å². The first kappa shape index (κ1) is 10.4. The van der Waals surface area contributed by atoms with E-state index in [1.165, 1.54) is 12.8 Å². The molecule has 0 bridgehead atoms. The zero-order chi connectivity index (χ0) is 9.35. The minimum Gasteiger partial charge on any atom is -0.433 e. The highest BCUT2D eigenvalue weighted by Gasteiger charge is 2.42. The molecular weight excluding hydrogens is 263 g/mol. The van der Waals surface area contributed by atoms with Crippen molar-refractivity contribution in [1.29, 1.82) is 0 Å². The minimum absolute atomic E-state index is 0.363. The standard InChI is InChI=1S/C10H17IO/c1-7-5-6-9(8(2)12-11)10(7,3)4/h7,9H,2,5-6H2,1,3-4H3. The Bertz CT molecular complexity index is 186. The van der Waals surface area contributed by atoms with E-state index < -0.39 is 0 Å². The molecule has 1 saturated carbocycles. The number of rotatable bonds is 2. The van der Waals surface area contributed by atoms with Crippen LogP contribution in [0.25, 0.3) is 0 Å². The molecule has 0 aliphatic heterocycles. The summed E-state index contributed by atoms with van der Waals surface area (Å²) in [4.78, 5) is 0. The molecule has 12 heavy (non-hydrogen) atoms. The molecule has 2 unspecified atom stereocenters. The summed E-state index contributed by atoms with van der Waals surface area (Å²) < 4.78 is 5.19. The van der Waals surface area contributed by atoms with Crippen LogP contribution in [-0.4, -0.2) is 0 Å². The third kappa shape index (κ3) is 1.63. The van der Waals surface area contributed by atoms with Crippen molar-refractivity contribution in [3.05, 3.63) is 12.3 Å². The van der Waals surface area contributed by atoms with Gasteiger partial charge >= 0.3 is 0 Å². The Labute approximate surface area is 89.3 Å². The van der Waals surface area contributed by atoms with Gasteiger partial charge in [0.2, 0.25) is 0 Å². The lowest BCUT2D eigenvalue weighted by atomic mass is 9.76. The summed E-state index contributed by atoms with van der Waals surface area (Å²) in [6.45, 7) is 10.9. The maximum absolute atomic E-state index is 5.19. The van der Waals surface area contributed by atoms with Gasteiger partial charge in [-0.3, -0.25) is 0 Å². The van der Waals surface area contributed by atoms with Gasteiger partial charge in [-0.25, -0.2) is 0 Å². The fraction of sp³-hybridized carbons (Fsp3) is 0.800. The first-order valence-electron chi connectivity index (χ1n) is 4.47. The van der Waals surface area contributed by atoms with Crippen molar-refractivity contribution in [2.75, 3.05) is 0 Å². The van der Waals surface area contributed by atoms with Crippen molar-refractivity contribution in [2.45, 2.75) is 33.6 Å². The third-order valence-electron chi connectivity index (χ3n) is 3.54. The number of allylic oxidation sites excluding steroid dienone is 1. The van der Waals surface area contributed by atoms with Crippen LogP contribution in [0.1, 0.15) is 33.6 Å². The monoisotopic (exact) mass is 280 g/mol. The molecule has 1 nitrogen and oxygen atoms in total. The molecule has 0 aromatic carbocycles. The van der Waals surface area contributed by atoms with E-state index in [-0.39, 0.29) is 0 Å². The predicted molar refractivity (Wildman–Crippen MR) is 59.9 cm³/mol. The first-order chi connectivity index (χ1) is 5.50. The van der Waals surface area contributed by atoms with E-state index in [2.05, 4.69) is 27.4 Å². The Hall–Kier alpha value is 0.270. The van der Waals surface area contributed by atoms with E-state index in [1.807, 2.05) is 23.0 Å². The molecule has 0 radical (unpaired) electrons. The maximum atomic E-state index is 5.19. The van der Waals surface area contributed by atoms with Gasteiger partial charge in [0, 0.05) is 5.92 Å². The topological polar surface area (TPSA) is 9.23 Å². The fourth-order valence-electron chi connectivity index (χ4n) is 2.13. The van der Waals surface area contributed by atoms with Crippen LogP contribution in [0.3, 0.4) is 0 Å². The van der Waals surface area contributed by atoms with Gasteiger partial charge in [-0.2, -0.15) is 0 Å². The van der Waals surface area contributed by atoms with Gasteiger partial charge in [0.25, 0.3) is 0 Å². The van der Waals surface area contributed by atoms with Crippen molar-refractivity contribution >= 4 is 23.0 Å². The summed E-state index contributed by atoms with van der Waals surface area (Å²) in [5.41, 5.74) is 0.363. The molecule has 0 saturated heterocycles. The molecule has 0 amide bonds. The van der Waals surface area contributed by atoms with Crippen molar-refractivity contribution < 1.29 is 3.07 Å². The zero-order valence-corrected chi connectivity index (χ0v) is 10.2. The van der Waals surface area contributed by atoms with Gasteiger partial charge in [0.1, 0.15) is 5.76 Å². The number of hydrogen-bond acceptors (Lipinski definition) is 1. The lowest BCUT2D eigenvalue weighted by Crippen LogP contribution is -2.24. The van der Waals surface area contributed by atoms with Gasteiger partial charge in [0.15, 0.2) is 23.0 Å². The van der Waals surface area contributed by atoms with Crippen LogP contribution in [0, 0.1) is 17.3 Å². The van der Waals surface area contributed by atoms with E-state index in [0.29, 0.717) is 11.3 Å². The average molecular weight is 280 g/mol. The van der Waals surface area contributed by atoms with Gasteiger partial charge in [-0.05, 0) is 24.2 Å². The summed E-state index contributed by atoms with van der Waals surface area (Å²) in [7, 11) is 0. The van der Waals surface area contributed by atoms with Crippen molar-refractivity contribution in [1.82, 2.24) is 0 Å². The van der Waals surface area contributed by atoms with Crippen LogP contribution >= 0.6 is 23.0 Å². The zero-order valence-electron chi connectivity index (χ0n) is 8.06. The summed E-state index contributed by atoms with van der Waals surface area (Å²) in [5, 5.41) is 0. The van der Waals surface area contributed by atoms with Gasteiger partial charge in [-0.15, -0.1) is 0 Å². The van der Waals surface area contributed by atoms with E-state index in [0.717, 1.165) is 11.7 Å². The smallest absolute Gasteiger partial charge is 0.192 e. The normalized spacial score (nSPS) is 33.3. The second-order valence-corrected chi connectivity index (χ2v) is 4.84. The highest BCUT2D eigenvalue weighted by atomic mass is 127. The van der Waals surface area contributed by atoms with E-state index in [9.17, 15) is 0 Å². The molecule has 0 heterocycles. The molecule has 0 spiro atoms. The average Bonchev–Trinajstić information content (AvgIpc) is 2.27. The fourth-order valence-corrected chi connectivity index (χ4v) is 2.44. The third-order valence-corrected chi connectivity index (χ3v) is 4.11. The Morgan fingerprint density at radius 2 is 2.08 bits per heavy atom. The molecule has 1 rings (SSSR count). The largest absolute Gasteiger partial charge is 0.433 e. The van der Waals surface area contributed by atoms with Gasteiger partial charge in [0.05, 0.1) is 0 Å². The quantitative estimate of drug-likeness (QED) is 0.550. The molecule has 0 N–H and O–H groups in total. The van der Waals surface area contributed by atoms with Crippen molar-refractivity contribution in [3.63, 3.8) is 0 Å². The Morgan fingerprint density at radius 1 is 1.50 bits per heavy atom. The van der Waals surface area contributed by atoms with Gasteiger partial charge < -0.3 is 3.07 Å². The van der Waals surface area contributed by atoms with Crippen molar-refractivity contribution in [3.8, 4) is 0 Å². The molecule has 1 aliphatic rings. The summed E-state index contributed by atoms with van der Waals surface area (Å²) in [5.74, 6) is 2.28. The Kier molecular flexibility index (Phi) is 3.07. The second-order valence-electron chi connectivity index (χ2n) is 4.40. The molecule has 1 aliphatic carbocycles. The maximum Gasteiger partial charge on any atom is 0.192 e. The minimum atomic E-state index is 0.363. The van der Waals surface area contributed by atoms with Crippen LogP contribution in [0.4, 0.5) is 0 Å². The van der Waals surface area contributed by atoms with Crippen LogP contribution in [0.2, 0.25) is 0 Å². The van der Waals surface area contributed by atoms with Crippen LogP contribution < -0.4 is 0 Å². The van der Waals surface area contributed by atoms with Crippen molar-refractivity contribution in [2.24, 2.45) is 17.3 Å². The highest BCUT2D eigenvalue weighted by molar-refractivity contribution is 14.1. The molecule has 1 fully saturated rings. The molecule has 2 heteroatoms. The summed E-state index contributed by atoms with van der Waals surface area (Å²) >= 11 is 1.93. The van der Waals surface area contributed by atoms with E-state index >= 15 is 0 Å². The molecule has 0 aromatic rings. The first-order valence-corrected chi connectivity index (χ1v) is 5.35. The molecule has 0 aromatic heterocycles. The number of halogens is 1. The van der Waals surface area contributed by atoms with E-state index in [1.54, 1.807) is 0 Å². The Balaban J connectivity index is 2.74.